The summed E-state index contributed by atoms with van der Waals surface area (Å²) in [6, 6.07) is 16.3. The van der Waals surface area contributed by atoms with Crippen molar-refractivity contribution in [1.29, 1.82) is 0 Å². The second-order valence-corrected chi connectivity index (χ2v) is 10.7. The quantitative estimate of drug-likeness (QED) is 0.473. The van der Waals surface area contributed by atoms with Gasteiger partial charge in [-0.15, -0.1) is 11.8 Å². The lowest BCUT2D eigenvalue weighted by Crippen LogP contribution is -2.28. The first-order valence-electron chi connectivity index (χ1n) is 11.7. The van der Waals surface area contributed by atoms with Gasteiger partial charge in [-0.25, -0.2) is 0 Å². The van der Waals surface area contributed by atoms with Crippen LogP contribution in [0, 0.1) is 5.92 Å². The maximum Gasteiger partial charge on any atom is 0.238 e. The molecule has 2 atom stereocenters. The van der Waals surface area contributed by atoms with Crippen LogP contribution in [-0.2, 0) is 15.0 Å². The third kappa shape index (κ3) is 5.74. The molecule has 5 heteroatoms. The highest BCUT2D eigenvalue weighted by atomic mass is 32.2. The van der Waals surface area contributed by atoms with Crippen LogP contribution < -0.4 is 10.2 Å². The number of thioether (sulfide) groups is 1. The number of amides is 2. The first-order valence-corrected chi connectivity index (χ1v) is 12.7. The van der Waals surface area contributed by atoms with E-state index in [0.29, 0.717) is 5.75 Å². The molecule has 2 aromatic rings. The van der Waals surface area contributed by atoms with Gasteiger partial charge in [0.05, 0.1) is 5.75 Å². The van der Waals surface area contributed by atoms with Crippen molar-refractivity contribution in [2.45, 2.75) is 71.1 Å². The molecule has 0 bridgehead atoms. The van der Waals surface area contributed by atoms with Crippen LogP contribution in [0.5, 0.6) is 0 Å². The third-order valence-corrected chi connectivity index (χ3v) is 7.32. The Morgan fingerprint density at radius 2 is 1.75 bits per heavy atom. The molecule has 0 saturated carbocycles. The smallest absolute Gasteiger partial charge is 0.238 e. The molecule has 172 valence electrons. The average Bonchev–Trinajstić information content (AvgIpc) is 3.15. The summed E-state index contributed by atoms with van der Waals surface area (Å²) < 4.78 is 0. The highest BCUT2D eigenvalue weighted by Crippen LogP contribution is 2.42. The lowest BCUT2D eigenvalue weighted by molar-refractivity contribution is -0.120. The van der Waals surface area contributed by atoms with E-state index in [9.17, 15) is 9.59 Å². The lowest BCUT2D eigenvalue weighted by Gasteiger charge is -2.26. The molecule has 2 aromatic carbocycles. The number of hydrogen-bond acceptors (Lipinski definition) is 3. The lowest BCUT2D eigenvalue weighted by atomic mass is 9.87. The van der Waals surface area contributed by atoms with E-state index in [2.05, 4.69) is 52.1 Å². The van der Waals surface area contributed by atoms with Gasteiger partial charge in [-0.05, 0) is 53.6 Å². The number of nitrogens with zero attached hydrogens (tertiary/aromatic N) is 1. The number of rotatable bonds is 8. The Morgan fingerprint density at radius 1 is 1.09 bits per heavy atom. The zero-order valence-electron chi connectivity index (χ0n) is 20.0. The molecule has 1 N–H and O–H groups in total. The second-order valence-electron chi connectivity index (χ2n) is 9.58. The molecule has 1 heterocycles. The topological polar surface area (TPSA) is 49.4 Å². The monoisotopic (exact) mass is 452 g/mol. The molecule has 1 aliphatic rings. The first-order chi connectivity index (χ1) is 15.2. The molecular weight excluding hydrogens is 416 g/mol. The van der Waals surface area contributed by atoms with Crippen LogP contribution >= 0.6 is 11.8 Å². The minimum atomic E-state index is -0.0549. The molecule has 0 radical (unpaired) electrons. The van der Waals surface area contributed by atoms with Crippen molar-refractivity contribution in [2.75, 3.05) is 16.0 Å². The van der Waals surface area contributed by atoms with Crippen LogP contribution in [0.2, 0.25) is 0 Å². The summed E-state index contributed by atoms with van der Waals surface area (Å²) >= 11 is 1.64. The minimum absolute atomic E-state index is 0.0549. The van der Waals surface area contributed by atoms with E-state index in [1.165, 1.54) is 5.56 Å². The van der Waals surface area contributed by atoms with Gasteiger partial charge in [0, 0.05) is 17.3 Å². The predicted molar refractivity (Wildman–Crippen MR) is 136 cm³/mol. The van der Waals surface area contributed by atoms with Gasteiger partial charge in [-0.2, -0.15) is 0 Å². The summed E-state index contributed by atoms with van der Waals surface area (Å²) in [5, 5.41) is 3.01. The highest BCUT2D eigenvalue weighted by molar-refractivity contribution is 8.00. The molecule has 4 nitrogen and oxygen atoms in total. The summed E-state index contributed by atoms with van der Waals surface area (Å²) in [6.07, 6.45) is 3.96. The molecular formula is C27H36N2O2S. The third-order valence-electron chi connectivity index (χ3n) is 6.11. The van der Waals surface area contributed by atoms with E-state index in [-0.39, 0.29) is 28.5 Å². The normalized spacial score (nSPS) is 17.5. The Hall–Kier alpha value is -2.27. The molecule has 2 amide bonds. The average molecular weight is 453 g/mol. The summed E-state index contributed by atoms with van der Waals surface area (Å²) in [6.45, 7) is 10.8. The summed E-state index contributed by atoms with van der Waals surface area (Å²) in [4.78, 5) is 27.2. The fourth-order valence-corrected chi connectivity index (χ4v) is 5.20. The summed E-state index contributed by atoms with van der Waals surface area (Å²) in [5.74, 6) is 0.756. The van der Waals surface area contributed by atoms with E-state index >= 15 is 0 Å². The van der Waals surface area contributed by atoms with E-state index in [4.69, 9.17) is 0 Å². The molecule has 1 aliphatic heterocycles. The number of carbonyl (C=O) groups excluding carboxylic acids is 2. The van der Waals surface area contributed by atoms with E-state index < -0.39 is 0 Å². The number of benzene rings is 2. The van der Waals surface area contributed by atoms with Gasteiger partial charge in [-0.3, -0.25) is 14.5 Å². The van der Waals surface area contributed by atoms with Crippen LogP contribution in [0.15, 0.2) is 48.5 Å². The number of unbranched alkanes of at least 4 members (excludes halogenated alkanes) is 1. The highest BCUT2D eigenvalue weighted by Gasteiger charge is 2.34. The van der Waals surface area contributed by atoms with Gasteiger partial charge in [0.2, 0.25) is 11.8 Å². The number of anilines is 2. The fraction of sp³-hybridized carbons (Fsp3) is 0.481. The Bertz CT molecular complexity index is 916. The van der Waals surface area contributed by atoms with E-state index in [1.807, 2.05) is 41.3 Å². The Morgan fingerprint density at radius 3 is 2.31 bits per heavy atom. The minimum Gasteiger partial charge on any atom is -0.326 e. The molecule has 0 unspecified atom stereocenters. The number of carbonyl (C=O) groups is 2. The van der Waals surface area contributed by atoms with Gasteiger partial charge < -0.3 is 5.32 Å². The van der Waals surface area contributed by atoms with Gasteiger partial charge in [-0.1, -0.05) is 71.7 Å². The van der Waals surface area contributed by atoms with E-state index in [0.717, 1.165) is 42.6 Å². The summed E-state index contributed by atoms with van der Waals surface area (Å²) in [7, 11) is 0. The molecule has 3 rings (SSSR count). The SMILES string of the molecule is CCCC[C@@H](CC)C(=O)Nc1ccc([C@H]2SCC(=O)N2c2ccc(C(C)(C)C)cc2)cc1. The molecule has 1 fully saturated rings. The largest absolute Gasteiger partial charge is 0.326 e. The first kappa shape index (κ1) is 24.4. The van der Waals surface area contributed by atoms with Crippen molar-refractivity contribution < 1.29 is 9.59 Å². The predicted octanol–water partition coefficient (Wildman–Crippen LogP) is 6.92. The maximum atomic E-state index is 12.7. The molecule has 0 aromatic heterocycles. The van der Waals surface area contributed by atoms with Crippen molar-refractivity contribution in [3.63, 3.8) is 0 Å². The van der Waals surface area contributed by atoms with Gasteiger partial charge in [0.1, 0.15) is 5.37 Å². The van der Waals surface area contributed by atoms with E-state index in [1.54, 1.807) is 11.8 Å². The van der Waals surface area contributed by atoms with Crippen LogP contribution in [0.4, 0.5) is 11.4 Å². The second kappa shape index (κ2) is 10.6. The Labute approximate surface area is 197 Å². The number of hydrogen-bond donors (Lipinski definition) is 1. The van der Waals surface area contributed by atoms with Gasteiger partial charge in [0.25, 0.3) is 0 Å². The maximum absolute atomic E-state index is 12.7. The standard InChI is InChI=1S/C27H36N2O2S/c1-6-8-9-19(7-2)25(31)28-22-14-10-20(11-15-22)26-29(24(30)18-32-26)23-16-12-21(13-17-23)27(3,4)5/h10-17,19,26H,6-9,18H2,1-5H3,(H,28,31)/t19-,26-/m1/s1. The Kier molecular flexibility index (Phi) is 8.05. The van der Waals surface area contributed by atoms with Crippen LogP contribution in [0.25, 0.3) is 0 Å². The van der Waals surface area contributed by atoms with Crippen LogP contribution in [0.1, 0.15) is 76.8 Å². The fourth-order valence-electron chi connectivity index (χ4n) is 4.02. The molecule has 0 aliphatic carbocycles. The van der Waals surface area contributed by atoms with Crippen LogP contribution in [0.3, 0.4) is 0 Å². The van der Waals surface area contributed by atoms with Crippen molar-refractivity contribution >= 4 is 35.0 Å². The van der Waals surface area contributed by atoms with Crippen LogP contribution in [-0.4, -0.2) is 17.6 Å². The molecule has 1 saturated heterocycles. The van der Waals surface area contributed by atoms with Crippen molar-refractivity contribution in [3.05, 3.63) is 59.7 Å². The van der Waals surface area contributed by atoms with Crippen molar-refractivity contribution in [1.82, 2.24) is 0 Å². The van der Waals surface area contributed by atoms with Gasteiger partial charge >= 0.3 is 0 Å². The molecule has 0 spiro atoms. The number of nitrogens with one attached hydrogen (secondary N) is 1. The van der Waals surface area contributed by atoms with Gasteiger partial charge in [0.15, 0.2) is 0 Å². The van der Waals surface area contributed by atoms with Crippen molar-refractivity contribution in [2.24, 2.45) is 5.92 Å². The zero-order valence-corrected chi connectivity index (χ0v) is 20.8. The zero-order chi connectivity index (χ0) is 23.3. The van der Waals surface area contributed by atoms with Crippen molar-refractivity contribution in [3.8, 4) is 0 Å². The summed E-state index contributed by atoms with van der Waals surface area (Å²) in [5.41, 5.74) is 4.13. The molecule has 32 heavy (non-hydrogen) atoms. The Balaban J connectivity index is 1.73.